The number of fused-ring (bicyclic) bond motifs is 12. The first kappa shape index (κ1) is 34.9. The second kappa shape index (κ2) is 13.3. The Balaban J connectivity index is 0.882. The van der Waals surface area contributed by atoms with Gasteiger partial charge in [-0.3, -0.25) is 0 Å². The van der Waals surface area contributed by atoms with E-state index < -0.39 is 0 Å². The van der Waals surface area contributed by atoms with Gasteiger partial charge in [0.2, 0.25) is 0 Å². The molecule has 0 saturated carbocycles. The van der Waals surface area contributed by atoms with E-state index in [1.54, 1.807) is 0 Å². The van der Waals surface area contributed by atoms with Crippen molar-refractivity contribution in [2.45, 2.75) is 0 Å². The molecule has 7 nitrogen and oxygen atoms in total. The molecule has 5 heterocycles. The molecular weight excluding hydrogens is 789 g/mol. The van der Waals surface area contributed by atoms with Gasteiger partial charge in [0.1, 0.15) is 33.5 Å². The lowest BCUT2D eigenvalue weighted by Gasteiger charge is -2.08. The topological polar surface area (TPSA) is 83.0 Å². The number of furan rings is 3. The number of hydrogen-bond acceptors (Lipinski definition) is 6. The summed E-state index contributed by atoms with van der Waals surface area (Å²) in [6.07, 6.45) is 0. The monoisotopic (exact) mass is 820 g/mol. The van der Waals surface area contributed by atoms with E-state index in [0.29, 0.717) is 17.5 Å². The van der Waals surface area contributed by atoms with Crippen LogP contribution in [0.1, 0.15) is 0 Å². The summed E-state index contributed by atoms with van der Waals surface area (Å²) in [7, 11) is 0. The van der Waals surface area contributed by atoms with Crippen LogP contribution in [0.25, 0.3) is 139 Å². The van der Waals surface area contributed by atoms with E-state index in [9.17, 15) is 0 Å². The van der Waals surface area contributed by atoms with E-state index >= 15 is 0 Å². The van der Waals surface area contributed by atoms with Crippen LogP contribution in [0.2, 0.25) is 0 Å². The van der Waals surface area contributed by atoms with Crippen LogP contribution in [-0.2, 0) is 0 Å². The highest BCUT2D eigenvalue weighted by Crippen LogP contribution is 2.42. The summed E-state index contributed by atoms with van der Waals surface area (Å²) in [6.45, 7) is 0. The summed E-state index contributed by atoms with van der Waals surface area (Å²) in [6, 6.07) is 66.9. The molecule has 0 bridgehead atoms. The molecule has 14 aromatic rings. The van der Waals surface area contributed by atoms with E-state index in [-0.39, 0.29) is 0 Å². The second-order valence-corrected chi connectivity index (χ2v) is 16.3. The van der Waals surface area contributed by atoms with Crippen molar-refractivity contribution < 1.29 is 13.3 Å². The normalized spacial score (nSPS) is 12.1. The van der Waals surface area contributed by atoms with Gasteiger partial charge in [0, 0.05) is 65.5 Å². The fourth-order valence-electron chi connectivity index (χ4n) is 9.69. The molecule has 0 unspecified atom stereocenters. The van der Waals surface area contributed by atoms with Crippen LogP contribution in [0.4, 0.5) is 0 Å². The highest BCUT2D eigenvalue weighted by Gasteiger charge is 2.19. The van der Waals surface area contributed by atoms with Crippen molar-refractivity contribution in [2.75, 3.05) is 0 Å². The summed E-state index contributed by atoms with van der Waals surface area (Å²) in [5, 5.41) is 8.76. The zero-order chi connectivity index (χ0) is 41.9. The molecule has 7 heteroatoms. The summed E-state index contributed by atoms with van der Waals surface area (Å²) in [5.74, 6) is 1.70. The van der Waals surface area contributed by atoms with Crippen molar-refractivity contribution in [3.8, 4) is 51.0 Å². The number of nitrogens with zero attached hydrogens (tertiary/aromatic N) is 4. The summed E-state index contributed by atoms with van der Waals surface area (Å²) in [4.78, 5) is 15.1. The number of rotatable bonds is 5. The first-order valence-corrected chi connectivity index (χ1v) is 21.3. The Hall–Kier alpha value is -8.81. The molecule has 9 aromatic carbocycles. The van der Waals surface area contributed by atoms with Crippen molar-refractivity contribution in [3.05, 3.63) is 194 Å². The van der Waals surface area contributed by atoms with E-state index in [2.05, 4.69) is 132 Å². The quantitative estimate of drug-likeness (QED) is 0.172. The van der Waals surface area contributed by atoms with Gasteiger partial charge in [-0.25, -0.2) is 15.0 Å². The lowest BCUT2D eigenvalue weighted by atomic mass is 9.98. The lowest BCUT2D eigenvalue weighted by molar-refractivity contribution is 0.668. The first-order chi connectivity index (χ1) is 31.7. The van der Waals surface area contributed by atoms with E-state index in [4.69, 9.17) is 28.2 Å². The summed E-state index contributed by atoms with van der Waals surface area (Å²) >= 11 is 0. The average molecular weight is 821 g/mol. The van der Waals surface area contributed by atoms with E-state index in [1.807, 2.05) is 66.7 Å². The third kappa shape index (κ3) is 5.25. The van der Waals surface area contributed by atoms with Crippen LogP contribution in [0.15, 0.2) is 207 Å². The first-order valence-electron chi connectivity index (χ1n) is 21.3. The molecule has 0 aliphatic rings. The zero-order valence-electron chi connectivity index (χ0n) is 34.0. The van der Waals surface area contributed by atoms with Crippen molar-refractivity contribution in [2.24, 2.45) is 0 Å². The van der Waals surface area contributed by atoms with Crippen molar-refractivity contribution >= 4 is 87.6 Å². The number of aromatic nitrogens is 4. The maximum atomic E-state index is 6.70. The van der Waals surface area contributed by atoms with E-state index in [0.717, 1.165) is 99.3 Å². The molecule has 0 fully saturated rings. The van der Waals surface area contributed by atoms with Gasteiger partial charge in [-0.15, -0.1) is 0 Å². The van der Waals surface area contributed by atoms with Gasteiger partial charge >= 0.3 is 0 Å². The molecule has 0 saturated heterocycles. The van der Waals surface area contributed by atoms with Gasteiger partial charge in [-0.1, -0.05) is 115 Å². The smallest absolute Gasteiger partial charge is 0.164 e. The Morgan fingerprint density at radius 1 is 0.297 bits per heavy atom. The van der Waals surface area contributed by atoms with Gasteiger partial charge in [-0.05, 0) is 90.0 Å². The van der Waals surface area contributed by atoms with Gasteiger partial charge in [-0.2, -0.15) is 0 Å². The Labute approximate surface area is 364 Å². The van der Waals surface area contributed by atoms with Crippen LogP contribution in [0, 0.1) is 0 Å². The maximum Gasteiger partial charge on any atom is 0.164 e. The SMILES string of the molecule is c1ccc(-c2nc(-c3ccc4c(c3)oc3ccccc34)nc(-c3ccc4c(c3)oc3cc(-c5cccc6oc7ccc(-n8c9ccccc9c9ccccc98)cc7c56)ccc34)n2)cc1. The van der Waals surface area contributed by atoms with E-state index in [1.165, 1.54) is 21.8 Å². The highest BCUT2D eigenvalue weighted by atomic mass is 16.3. The minimum absolute atomic E-state index is 0.551. The molecule has 14 rings (SSSR count). The van der Waals surface area contributed by atoms with Crippen molar-refractivity contribution in [3.63, 3.8) is 0 Å². The number of hydrogen-bond donors (Lipinski definition) is 0. The van der Waals surface area contributed by atoms with Crippen LogP contribution < -0.4 is 0 Å². The summed E-state index contributed by atoms with van der Waals surface area (Å²) in [5.41, 5.74) is 13.0. The summed E-state index contributed by atoms with van der Waals surface area (Å²) < 4.78 is 21.8. The molecule has 0 aliphatic heterocycles. The number of benzene rings is 9. The molecule has 0 aliphatic carbocycles. The Morgan fingerprint density at radius 3 is 1.45 bits per heavy atom. The molecule has 5 aromatic heterocycles. The minimum atomic E-state index is 0.551. The fraction of sp³-hybridized carbons (Fsp3) is 0. The Morgan fingerprint density at radius 2 is 0.781 bits per heavy atom. The largest absolute Gasteiger partial charge is 0.456 e. The molecular formula is C57H32N4O3. The zero-order valence-corrected chi connectivity index (χ0v) is 34.0. The predicted molar refractivity (Wildman–Crippen MR) is 258 cm³/mol. The van der Waals surface area contributed by atoms with Crippen LogP contribution in [0.3, 0.4) is 0 Å². The standard InChI is InChI=1S/C57H32N4O3/c1-2-11-33(12-3-1)55-58-56(35-22-26-42-41-15-6-9-19-48(41)63-52(42)30-35)60-57(59-55)36-23-27-44-43-25-21-34(29-51(43)64-53(44)31-36)38-16-10-20-50-54(38)45-32-37(24-28-49(45)62-50)61-46-17-7-4-13-39(46)40-14-5-8-18-47(40)61/h1-32H. The van der Waals surface area contributed by atoms with Crippen molar-refractivity contribution in [1.82, 2.24) is 19.5 Å². The molecule has 0 atom stereocenters. The Kier molecular flexibility index (Phi) is 7.27. The van der Waals surface area contributed by atoms with Gasteiger partial charge in [0.25, 0.3) is 0 Å². The fourth-order valence-corrected chi connectivity index (χ4v) is 9.69. The molecule has 298 valence electrons. The van der Waals surface area contributed by atoms with Crippen LogP contribution >= 0.6 is 0 Å². The third-order valence-corrected chi connectivity index (χ3v) is 12.7. The average Bonchev–Trinajstić information content (AvgIpc) is 4.12. The molecule has 0 spiro atoms. The molecule has 64 heavy (non-hydrogen) atoms. The van der Waals surface area contributed by atoms with Crippen LogP contribution in [-0.4, -0.2) is 19.5 Å². The predicted octanol–water partition coefficient (Wildman–Crippen LogP) is 15.3. The maximum absolute atomic E-state index is 6.70. The van der Waals surface area contributed by atoms with Gasteiger partial charge in [0.15, 0.2) is 17.5 Å². The Bertz CT molecular complexity index is 4160. The number of para-hydroxylation sites is 3. The third-order valence-electron chi connectivity index (χ3n) is 12.7. The van der Waals surface area contributed by atoms with Crippen molar-refractivity contribution in [1.29, 1.82) is 0 Å². The second-order valence-electron chi connectivity index (χ2n) is 16.3. The highest BCUT2D eigenvalue weighted by molar-refractivity contribution is 6.15. The lowest BCUT2D eigenvalue weighted by Crippen LogP contribution is -2.00. The molecule has 0 N–H and O–H groups in total. The minimum Gasteiger partial charge on any atom is -0.456 e. The van der Waals surface area contributed by atoms with Crippen LogP contribution in [0.5, 0.6) is 0 Å². The molecule has 0 amide bonds. The van der Waals surface area contributed by atoms with Gasteiger partial charge < -0.3 is 17.8 Å². The molecule has 0 radical (unpaired) electrons. The van der Waals surface area contributed by atoms with Gasteiger partial charge in [0.05, 0.1) is 11.0 Å².